The van der Waals surface area contributed by atoms with Gasteiger partial charge in [-0.2, -0.15) is 0 Å². The maximum atomic E-state index is 12.9. The van der Waals surface area contributed by atoms with Gasteiger partial charge in [0.15, 0.2) is 0 Å². The Labute approximate surface area is 155 Å². The van der Waals surface area contributed by atoms with Crippen LogP contribution in [0.25, 0.3) is 0 Å². The number of ether oxygens (including phenoxy) is 1. The molecule has 0 bridgehead atoms. The predicted molar refractivity (Wildman–Crippen MR) is 102 cm³/mol. The quantitative estimate of drug-likeness (QED) is 0.643. The van der Waals surface area contributed by atoms with Gasteiger partial charge >= 0.3 is 0 Å². The fourth-order valence-electron chi connectivity index (χ4n) is 2.62. The predicted octanol–water partition coefficient (Wildman–Crippen LogP) is 3.49. The molecule has 0 saturated carbocycles. The van der Waals surface area contributed by atoms with E-state index in [0.29, 0.717) is 19.7 Å². The molecule has 4 nitrogen and oxygen atoms in total. The van der Waals surface area contributed by atoms with Crippen LogP contribution in [-0.4, -0.2) is 49.5 Å². The summed E-state index contributed by atoms with van der Waals surface area (Å²) < 4.78 is 18.7. The normalized spacial score (nSPS) is 10.8. The van der Waals surface area contributed by atoms with Crippen LogP contribution in [0.2, 0.25) is 0 Å². The number of aryl methyl sites for hydroxylation is 1. The molecule has 2 aromatic rings. The molecule has 0 aromatic heterocycles. The summed E-state index contributed by atoms with van der Waals surface area (Å²) in [7, 11) is 3.69. The molecule has 0 unspecified atom stereocenters. The molecule has 0 aliphatic rings. The summed E-state index contributed by atoms with van der Waals surface area (Å²) in [6, 6.07) is 14.2. The van der Waals surface area contributed by atoms with Crippen LogP contribution in [0.4, 0.5) is 4.39 Å². The number of hydrogen-bond acceptors (Lipinski definition) is 3. The molecule has 0 atom stereocenters. The van der Waals surface area contributed by atoms with Crippen molar-refractivity contribution in [2.24, 2.45) is 0 Å². The maximum absolute atomic E-state index is 12.9. The van der Waals surface area contributed by atoms with E-state index < -0.39 is 0 Å². The summed E-state index contributed by atoms with van der Waals surface area (Å²) in [5, 5.41) is 0. The molecular formula is C21H27FN2O2. The number of halogens is 1. The average molecular weight is 358 g/mol. The van der Waals surface area contributed by atoms with E-state index in [9.17, 15) is 9.18 Å². The number of carbonyl (C=O) groups excluding carboxylic acids is 1. The third-order valence-electron chi connectivity index (χ3n) is 4.20. The van der Waals surface area contributed by atoms with Crippen LogP contribution in [0.1, 0.15) is 17.5 Å². The van der Waals surface area contributed by atoms with Gasteiger partial charge in [0.2, 0.25) is 5.91 Å². The second kappa shape index (κ2) is 9.92. The Hall–Kier alpha value is -2.40. The standard InChI is InChI=1S/C21H27FN2O2/c1-17-7-4-5-8-20(17)26-14-6-13-23(2)16-21(25)24(3)15-18-9-11-19(22)12-10-18/h4-5,7-12H,6,13-16H2,1-3H3. The summed E-state index contributed by atoms with van der Waals surface area (Å²) in [5.41, 5.74) is 2.04. The molecule has 140 valence electrons. The Morgan fingerprint density at radius 3 is 2.46 bits per heavy atom. The summed E-state index contributed by atoms with van der Waals surface area (Å²) >= 11 is 0. The molecule has 1 amide bonds. The Balaban J connectivity index is 1.67. The highest BCUT2D eigenvalue weighted by atomic mass is 19.1. The first-order valence-electron chi connectivity index (χ1n) is 8.81. The van der Waals surface area contributed by atoms with Gasteiger partial charge in [0, 0.05) is 20.1 Å². The number of amides is 1. The first kappa shape index (κ1) is 19.9. The van der Waals surface area contributed by atoms with E-state index in [2.05, 4.69) is 0 Å². The highest BCUT2D eigenvalue weighted by Crippen LogP contribution is 2.16. The number of nitrogens with zero attached hydrogens (tertiary/aromatic N) is 2. The summed E-state index contributed by atoms with van der Waals surface area (Å²) in [5.74, 6) is 0.678. The maximum Gasteiger partial charge on any atom is 0.236 e. The van der Waals surface area contributed by atoms with Gasteiger partial charge < -0.3 is 9.64 Å². The third kappa shape index (κ3) is 6.48. The molecule has 0 saturated heterocycles. The van der Waals surface area contributed by atoms with Crippen LogP contribution >= 0.6 is 0 Å². The molecule has 0 aliphatic carbocycles. The summed E-state index contributed by atoms with van der Waals surface area (Å²) in [4.78, 5) is 16.0. The molecule has 2 rings (SSSR count). The van der Waals surface area contributed by atoms with Crippen molar-refractivity contribution >= 4 is 5.91 Å². The first-order chi connectivity index (χ1) is 12.5. The molecule has 0 N–H and O–H groups in total. The van der Waals surface area contributed by atoms with Crippen molar-refractivity contribution in [1.82, 2.24) is 9.80 Å². The van der Waals surface area contributed by atoms with Crippen molar-refractivity contribution in [3.63, 3.8) is 0 Å². The number of rotatable bonds is 9. The molecule has 0 fully saturated rings. The SMILES string of the molecule is Cc1ccccc1OCCCN(C)CC(=O)N(C)Cc1ccc(F)cc1. The van der Waals surface area contributed by atoms with Gasteiger partial charge in [-0.25, -0.2) is 4.39 Å². The number of likely N-dealkylation sites (N-methyl/N-ethyl adjacent to an activating group) is 2. The minimum Gasteiger partial charge on any atom is -0.493 e. The van der Waals surface area contributed by atoms with E-state index in [1.165, 1.54) is 12.1 Å². The molecule has 26 heavy (non-hydrogen) atoms. The highest BCUT2D eigenvalue weighted by molar-refractivity contribution is 5.77. The number of para-hydroxylation sites is 1. The molecule has 0 heterocycles. The Morgan fingerprint density at radius 1 is 1.08 bits per heavy atom. The average Bonchev–Trinajstić information content (AvgIpc) is 2.62. The summed E-state index contributed by atoms with van der Waals surface area (Å²) in [6.45, 7) is 4.25. The van der Waals surface area contributed by atoms with Gasteiger partial charge in [-0.15, -0.1) is 0 Å². The molecular weight excluding hydrogens is 331 g/mol. The Kier molecular flexibility index (Phi) is 7.60. The monoisotopic (exact) mass is 358 g/mol. The van der Waals surface area contributed by atoms with Crippen molar-refractivity contribution in [3.05, 3.63) is 65.5 Å². The molecule has 2 aromatic carbocycles. The van der Waals surface area contributed by atoms with Crippen LogP contribution in [-0.2, 0) is 11.3 Å². The van der Waals surface area contributed by atoms with Crippen molar-refractivity contribution in [2.75, 3.05) is 33.8 Å². The Bertz CT molecular complexity index is 703. The van der Waals surface area contributed by atoms with Crippen molar-refractivity contribution in [2.45, 2.75) is 19.9 Å². The zero-order valence-electron chi connectivity index (χ0n) is 15.7. The van der Waals surface area contributed by atoms with Gasteiger partial charge in [-0.3, -0.25) is 9.69 Å². The van der Waals surface area contributed by atoms with Crippen LogP contribution in [0, 0.1) is 12.7 Å². The minimum atomic E-state index is -0.268. The fourth-order valence-corrected chi connectivity index (χ4v) is 2.62. The Morgan fingerprint density at radius 2 is 1.77 bits per heavy atom. The lowest BCUT2D eigenvalue weighted by Gasteiger charge is -2.22. The topological polar surface area (TPSA) is 32.8 Å². The zero-order valence-corrected chi connectivity index (χ0v) is 15.7. The van der Waals surface area contributed by atoms with E-state index in [1.54, 1.807) is 24.1 Å². The van der Waals surface area contributed by atoms with Gasteiger partial charge in [0.25, 0.3) is 0 Å². The smallest absolute Gasteiger partial charge is 0.236 e. The van der Waals surface area contributed by atoms with Crippen molar-refractivity contribution in [1.29, 1.82) is 0 Å². The van der Waals surface area contributed by atoms with Crippen LogP contribution in [0.15, 0.2) is 48.5 Å². The lowest BCUT2D eigenvalue weighted by molar-refractivity contribution is -0.131. The number of carbonyl (C=O) groups is 1. The van der Waals surface area contributed by atoms with Crippen LogP contribution < -0.4 is 4.74 Å². The lowest BCUT2D eigenvalue weighted by atomic mass is 10.2. The highest BCUT2D eigenvalue weighted by Gasteiger charge is 2.12. The molecule has 0 radical (unpaired) electrons. The first-order valence-corrected chi connectivity index (χ1v) is 8.81. The summed E-state index contributed by atoms with van der Waals surface area (Å²) in [6.07, 6.45) is 0.847. The fraction of sp³-hybridized carbons (Fsp3) is 0.381. The molecule has 5 heteroatoms. The van der Waals surface area contributed by atoms with Crippen LogP contribution in [0.3, 0.4) is 0 Å². The largest absolute Gasteiger partial charge is 0.493 e. The third-order valence-corrected chi connectivity index (χ3v) is 4.20. The van der Waals surface area contributed by atoms with E-state index in [-0.39, 0.29) is 11.7 Å². The second-order valence-corrected chi connectivity index (χ2v) is 6.58. The second-order valence-electron chi connectivity index (χ2n) is 6.58. The van der Waals surface area contributed by atoms with Crippen molar-refractivity contribution < 1.29 is 13.9 Å². The number of benzene rings is 2. The number of hydrogen-bond donors (Lipinski definition) is 0. The van der Waals surface area contributed by atoms with Gasteiger partial charge in [-0.05, 0) is 49.7 Å². The molecule has 0 spiro atoms. The van der Waals surface area contributed by atoms with Gasteiger partial charge in [0.1, 0.15) is 11.6 Å². The lowest BCUT2D eigenvalue weighted by Crippen LogP contribution is -2.36. The van der Waals surface area contributed by atoms with E-state index >= 15 is 0 Å². The van der Waals surface area contributed by atoms with E-state index in [4.69, 9.17) is 4.74 Å². The van der Waals surface area contributed by atoms with Crippen molar-refractivity contribution in [3.8, 4) is 5.75 Å². The van der Waals surface area contributed by atoms with E-state index in [1.807, 2.05) is 43.1 Å². The zero-order chi connectivity index (χ0) is 18.9. The minimum absolute atomic E-state index is 0.0386. The van der Waals surface area contributed by atoms with Gasteiger partial charge in [0.05, 0.1) is 13.2 Å². The van der Waals surface area contributed by atoms with E-state index in [0.717, 1.165) is 29.8 Å². The molecule has 0 aliphatic heterocycles. The van der Waals surface area contributed by atoms with Gasteiger partial charge in [-0.1, -0.05) is 30.3 Å². The van der Waals surface area contributed by atoms with Crippen LogP contribution in [0.5, 0.6) is 5.75 Å².